The third-order valence-electron chi connectivity index (χ3n) is 7.42. The highest BCUT2D eigenvalue weighted by Gasteiger charge is 2.69. The molecule has 1 fully saturated rings. The summed E-state index contributed by atoms with van der Waals surface area (Å²) >= 11 is 9.68. The van der Waals surface area contributed by atoms with Crippen molar-refractivity contribution in [3.8, 4) is 0 Å². The van der Waals surface area contributed by atoms with Crippen molar-refractivity contribution < 1.29 is 14.4 Å². The highest BCUT2D eigenvalue weighted by molar-refractivity contribution is 9.10. The molecular weight excluding hydrogens is 528 g/mol. The molecule has 3 aromatic carbocycles. The predicted octanol–water partition coefficient (Wildman–Crippen LogP) is 5.66. The molecule has 1 saturated heterocycles. The van der Waals surface area contributed by atoms with Gasteiger partial charge < -0.3 is 10.2 Å². The Kier molecular flexibility index (Phi) is 5.02. The number of benzene rings is 3. The summed E-state index contributed by atoms with van der Waals surface area (Å²) in [4.78, 5) is 43.6. The van der Waals surface area contributed by atoms with Crippen LogP contribution >= 0.6 is 27.5 Å². The number of hydrogen-bond acceptors (Lipinski definition) is 4. The highest BCUT2D eigenvalue weighted by Crippen LogP contribution is 2.57. The highest BCUT2D eigenvalue weighted by atomic mass is 79.9. The quantitative estimate of drug-likeness (QED) is 0.430. The normalized spacial score (nSPS) is 25.7. The number of anilines is 2. The Labute approximate surface area is 215 Å². The van der Waals surface area contributed by atoms with Crippen LogP contribution in [0.1, 0.15) is 28.4 Å². The van der Waals surface area contributed by atoms with Crippen molar-refractivity contribution in [3.05, 3.63) is 99.0 Å². The number of hydrogen-bond donors (Lipinski definition) is 1. The number of Topliss-reactive ketones (excluding diaryl/α,β-unsaturated/α-hetero) is 2. The summed E-state index contributed by atoms with van der Waals surface area (Å²) in [5.74, 6) is -1.60. The standard InChI is InChI=1S/C28H20BrClN2O3/c1-15(33)25-24(26(34)16-6-9-18(29)10-7-16)28(20-4-2-3-5-21(20)31-27(28)35)23-13-8-17-14-19(30)11-12-22(17)32(23)25/h2-14,23-25H,1H3,(H,31,35)/t23-,24+,25-,28-/m1/s1. The summed E-state index contributed by atoms with van der Waals surface area (Å²) < 4.78 is 0.841. The molecule has 0 bridgehead atoms. The number of rotatable bonds is 3. The van der Waals surface area contributed by atoms with Crippen molar-refractivity contribution in [1.29, 1.82) is 0 Å². The van der Waals surface area contributed by atoms with Crippen LogP contribution < -0.4 is 10.2 Å². The van der Waals surface area contributed by atoms with Gasteiger partial charge in [-0.2, -0.15) is 0 Å². The van der Waals surface area contributed by atoms with Crippen molar-refractivity contribution in [2.75, 3.05) is 10.2 Å². The summed E-state index contributed by atoms with van der Waals surface area (Å²) in [7, 11) is 0. The van der Waals surface area contributed by atoms with Gasteiger partial charge in [0.05, 0.1) is 18.0 Å². The summed E-state index contributed by atoms with van der Waals surface area (Å²) in [5.41, 5.74) is 2.22. The van der Waals surface area contributed by atoms with Gasteiger partial charge in [-0.25, -0.2) is 0 Å². The third-order valence-corrected chi connectivity index (χ3v) is 8.19. The topological polar surface area (TPSA) is 66.5 Å². The molecular formula is C28H20BrClN2O3. The van der Waals surface area contributed by atoms with Crippen LogP contribution in [-0.2, 0) is 15.0 Å². The van der Waals surface area contributed by atoms with Gasteiger partial charge in [0.15, 0.2) is 11.6 Å². The van der Waals surface area contributed by atoms with Crippen molar-refractivity contribution in [1.82, 2.24) is 0 Å². The Morgan fingerprint density at radius 2 is 1.80 bits per heavy atom. The molecule has 3 aliphatic heterocycles. The van der Waals surface area contributed by atoms with Crippen LogP contribution in [0.5, 0.6) is 0 Å². The van der Waals surface area contributed by atoms with Crippen LogP contribution in [0.15, 0.2) is 77.3 Å². The smallest absolute Gasteiger partial charge is 0.238 e. The Morgan fingerprint density at radius 1 is 1.06 bits per heavy atom. The molecule has 3 aromatic rings. The number of nitrogens with zero attached hydrogens (tertiary/aromatic N) is 1. The molecule has 1 N–H and O–H groups in total. The maximum atomic E-state index is 14.3. The molecule has 0 radical (unpaired) electrons. The van der Waals surface area contributed by atoms with Gasteiger partial charge in [-0.05, 0) is 54.4 Å². The second kappa shape index (κ2) is 7.90. The van der Waals surface area contributed by atoms with Crippen LogP contribution in [-0.4, -0.2) is 29.6 Å². The zero-order valence-corrected chi connectivity index (χ0v) is 21.0. The Bertz CT molecular complexity index is 1450. The van der Waals surface area contributed by atoms with Gasteiger partial charge in [-0.15, -0.1) is 0 Å². The second-order valence-electron chi connectivity index (χ2n) is 9.19. The van der Waals surface area contributed by atoms with E-state index in [-0.39, 0.29) is 17.5 Å². The average molecular weight is 548 g/mol. The van der Waals surface area contributed by atoms with Gasteiger partial charge in [-0.3, -0.25) is 14.4 Å². The van der Waals surface area contributed by atoms with E-state index in [0.29, 0.717) is 16.3 Å². The van der Waals surface area contributed by atoms with Gasteiger partial charge >= 0.3 is 0 Å². The van der Waals surface area contributed by atoms with Gasteiger partial charge in [0.2, 0.25) is 5.91 Å². The van der Waals surface area contributed by atoms with E-state index in [0.717, 1.165) is 21.3 Å². The Balaban J connectivity index is 1.65. The molecule has 5 nitrogen and oxygen atoms in total. The van der Waals surface area contributed by atoms with Crippen LogP contribution in [0.4, 0.5) is 11.4 Å². The number of halogens is 2. The first-order valence-corrected chi connectivity index (χ1v) is 12.5. The lowest BCUT2D eigenvalue weighted by atomic mass is 9.64. The van der Waals surface area contributed by atoms with E-state index in [9.17, 15) is 14.4 Å². The van der Waals surface area contributed by atoms with E-state index in [2.05, 4.69) is 21.2 Å². The van der Waals surface area contributed by atoms with Crippen molar-refractivity contribution in [2.24, 2.45) is 5.92 Å². The zero-order chi connectivity index (χ0) is 24.5. The zero-order valence-electron chi connectivity index (χ0n) is 18.7. The maximum Gasteiger partial charge on any atom is 0.238 e. The van der Waals surface area contributed by atoms with E-state index in [1.54, 1.807) is 30.3 Å². The van der Waals surface area contributed by atoms with Crippen molar-refractivity contribution in [3.63, 3.8) is 0 Å². The largest absolute Gasteiger partial charge is 0.352 e. The lowest BCUT2D eigenvalue weighted by Crippen LogP contribution is -2.51. The second-order valence-corrected chi connectivity index (χ2v) is 10.5. The van der Waals surface area contributed by atoms with Gasteiger partial charge in [0, 0.05) is 26.4 Å². The minimum Gasteiger partial charge on any atom is -0.352 e. The van der Waals surface area contributed by atoms with E-state index in [1.165, 1.54) is 6.92 Å². The van der Waals surface area contributed by atoms with Gasteiger partial charge in [0.1, 0.15) is 5.41 Å². The Hall–Kier alpha value is -3.22. The first kappa shape index (κ1) is 22.3. The fraction of sp³-hybridized carbons (Fsp3) is 0.179. The molecule has 1 spiro atoms. The van der Waals surface area contributed by atoms with E-state index in [1.807, 2.05) is 53.5 Å². The third kappa shape index (κ3) is 3.03. The van der Waals surface area contributed by atoms with E-state index in [4.69, 9.17) is 11.6 Å². The fourth-order valence-corrected chi connectivity index (χ4v) is 6.54. The summed E-state index contributed by atoms with van der Waals surface area (Å²) in [6.45, 7) is 1.50. The van der Waals surface area contributed by atoms with Crippen LogP contribution in [0.3, 0.4) is 0 Å². The molecule has 174 valence electrons. The molecule has 6 rings (SSSR count). The minimum absolute atomic E-state index is 0.171. The average Bonchev–Trinajstić information content (AvgIpc) is 3.32. The maximum absolute atomic E-state index is 14.3. The summed E-state index contributed by atoms with van der Waals surface area (Å²) in [5, 5.41) is 3.59. The number of nitrogens with one attached hydrogen (secondary N) is 1. The predicted molar refractivity (Wildman–Crippen MR) is 140 cm³/mol. The molecule has 0 aliphatic carbocycles. The number of carbonyl (C=O) groups is 3. The van der Waals surface area contributed by atoms with Crippen LogP contribution in [0.25, 0.3) is 6.08 Å². The molecule has 35 heavy (non-hydrogen) atoms. The molecule has 3 heterocycles. The number of para-hydroxylation sites is 1. The number of amides is 1. The Morgan fingerprint density at radius 3 is 2.54 bits per heavy atom. The number of carbonyl (C=O) groups excluding carboxylic acids is 3. The minimum atomic E-state index is -1.27. The van der Waals surface area contributed by atoms with Gasteiger partial charge in [0.25, 0.3) is 0 Å². The molecule has 7 heteroatoms. The first-order valence-electron chi connectivity index (χ1n) is 11.3. The monoisotopic (exact) mass is 546 g/mol. The van der Waals surface area contributed by atoms with E-state index < -0.39 is 23.4 Å². The molecule has 0 saturated carbocycles. The van der Waals surface area contributed by atoms with Crippen molar-refractivity contribution >= 4 is 62.5 Å². The molecule has 0 aromatic heterocycles. The van der Waals surface area contributed by atoms with Crippen LogP contribution in [0.2, 0.25) is 5.02 Å². The summed E-state index contributed by atoms with van der Waals surface area (Å²) in [6, 6.07) is 18.6. The fourth-order valence-electron chi connectivity index (χ4n) is 6.10. The molecule has 0 unspecified atom stereocenters. The van der Waals surface area contributed by atoms with Crippen molar-refractivity contribution in [2.45, 2.75) is 24.4 Å². The molecule has 3 aliphatic rings. The number of ketones is 2. The molecule has 4 atom stereocenters. The number of fused-ring (bicyclic) bond motifs is 6. The first-order chi connectivity index (χ1) is 16.8. The van der Waals surface area contributed by atoms with Crippen LogP contribution in [0, 0.1) is 5.92 Å². The lowest BCUT2D eigenvalue weighted by Gasteiger charge is -2.37. The molecule has 1 amide bonds. The lowest BCUT2D eigenvalue weighted by molar-refractivity contribution is -0.122. The summed E-state index contributed by atoms with van der Waals surface area (Å²) in [6.07, 6.45) is 3.87. The van der Waals surface area contributed by atoms with E-state index >= 15 is 0 Å². The van der Waals surface area contributed by atoms with Gasteiger partial charge in [-0.1, -0.05) is 70.0 Å². The SMILES string of the molecule is CC(=O)[C@@H]1[C@@H](C(=O)c2ccc(Br)cc2)[C@]2(C(=O)Nc3ccccc32)[C@H]2C=Cc3cc(Cl)ccc3N12.